The highest BCUT2D eigenvalue weighted by atomic mass is 79.9. The lowest BCUT2D eigenvalue weighted by molar-refractivity contribution is 1.81. The second-order valence-electron chi connectivity index (χ2n) is 4.58. The van der Waals surface area contributed by atoms with Crippen molar-refractivity contribution in [3.05, 3.63) is 53.0 Å². The average molecular weight is 360 g/mol. The van der Waals surface area contributed by atoms with Gasteiger partial charge < -0.3 is 5.73 Å². The Morgan fingerprint density at radius 2 is 1.30 bits per heavy atom. The summed E-state index contributed by atoms with van der Waals surface area (Å²) in [7, 11) is 0. The first-order valence-corrected chi connectivity index (χ1v) is 8.62. The lowest BCUT2D eigenvalue weighted by Gasteiger charge is -1.97. The normalized spacial score (nSPS) is 11.4. The lowest BCUT2D eigenvalue weighted by atomic mass is 10.2. The van der Waals surface area contributed by atoms with Gasteiger partial charge in [0.1, 0.15) is 0 Å². The van der Waals surface area contributed by atoms with E-state index in [0.29, 0.717) is 0 Å². The Bertz CT molecular complexity index is 858. The van der Waals surface area contributed by atoms with Crippen LogP contribution in [0.15, 0.2) is 53.0 Å². The minimum absolute atomic E-state index is 0.887. The number of hydrogen-bond acceptors (Lipinski definition) is 3. The second kappa shape index (κ2) is 4.58. The van der Waals surface area contributed by atoms with Crippen LogP contribution in [0.4, 0.5) is 5.69 Å². The fourth-order valence-electron chi connectivity index (χ4n) is 2.39. The first kappa shape index (κ1) is 12.4. The summed E-state index contributed by atoms with van der Waals surface area (Å²) >= 11 is 7.29. The summed E-state index contributed by atoms with van der Waals surface area (Å²) in [6.45, 7) is 0. The monoisotopic (exact) mass is 359 g/mol. The molecule has 4 heteroatoms. The number of nitrogen functional groups attached to an aromatic ring is 1. The Balaban J connectivity index is 2.06. The van der Waals surface area contributed by atoms with Crippen molar-refractivity contribution < 1.29 is 0 Å². The molecule has 0 aliphatic heterocycles. The number of hydrogen-bond donors (Lipinski definition) is 1. The number of rotatable bonds is 1. The van der Waals surface area contributed by atoms with Crippen LogP contribution in [0.2, 0.25) is 0 Å². The molecule has 4 aromatic rings. The van der Waals surface area contributed by atoms with Gasteiger partial charge in [-0.2, -0.15) is 0 Å². The van der Waals surface area contributed by atoms with E-state index < -0.39 is 0 Å². The summed E-state index contributed by atoms with van der Waals surface area (Å²) in [6, 6.07) is 16.7. The smallest absolute Gasteiger partial charge is 0.0696 e. The molecule has 2 aromatic heterocycles. The third-order valence-corrected chi connectivity index (χ3v) is 6.98. The van der Waals surface area contributed by atoms with Gasteiger partial charge >= 0.3 is 0 Å². The maximum Gasteiger partial charge on any atom is 0.0696 e. The van der Waals surface area contributed by atoms with Crippen molar-refractivity contribution in [2.45, 2.75) is 0 Å². The molecule has 0 fully saturated rings. The van der Waals surface area contributed by atoms with Gasteiger partial charge in [0, 0.05) is 24.6 Å². The van der Waals surface area contributed by atoms with Gasteiger partial charge in [-0.3, -0.25) is 0 Å². The molecule has 0 radical (unpaired) electrons. The topological polar surface area (TPSA) is 26.0 Å². The predicted octanol–water partition coefficient (Wildman–Crippen LogP) is 6.13. The highest BCUT2D eigenvalue weighted by Gasteiger charge is 2.17. The minimum atomic E-state index is 0.887. The van der Waals surface area contributed by atoms with E-state index >= 15 is 0 Å². The molecular formula is C16H10BrNS2. The van der Waals surface area contributed by atoms with Crippen LogP contribution < -0.4 is 5.73 Å². The molecule has 4 rings (SSSR count). The van der Waals surface area contributed by atoms with E-state index in [-0.39, 0.29) is 0 Å². The molecule has 20 heavy (non-hydrogen) atoms. The van der Waals surface area contributed by atoms with Gasteiger partial charge in [-0.15, -0.1) is 22.7 Å². The number of thiophene rings is 2. The number of anilines is 1. The maximum atomic E-state index is 6.36. The van der Waals surface area contributed by atoms with Crippen molar-refractivity contribution in [3.63, 3.8) is 0 Å². The molecule has 2 N–H and O–H groups in total. The lowest BCUT2D eigenvalue weighted by Crippen LogP contribution is -1.83. The Hall–Kier alpha value is -1.36. The van der Waals surface area contributed by atoms with Crippen molar-refractivity contribution in [2.24, 2.45) is 0 Å². The third-order valence-electron chi connectivity index (χ3n) is 3.38. The van der Waals surface area contributed by atoms with E-state index in [0.717, 1.165) is 15.5 Å². The number of benzene rings is 2. The van der Waals surface area contributed by atoms with Crippen molar-refractivity contribution in [2.75, 3.05) is 5.73 Å². The molecule has 0 unspecified atom stereocenters. The van der Waals surface area contributed by atoms with Crippen LogP contribution in [0.3, 0.4) is 0 Å². The molecule has 1 nitrogen and oxygen atoms in total. The molecule has 0 atom stereocenters. The van der Waals surface area contributed by atoms with E-state index in [4.69, 9.17) is 5.73 Å². The van der Waals surface area contributed by atoms with Crippen LogP contribution in [0.1, 0.15) is 0 Å². The highest BCUT2D eigenvalue weighted by molar-refractivity contribution is 9.10. The molecule has 0 saturated heterocycles. The van der Waals surface area contributed by atoms with Gasteiger partial charge in [-0.1, -0.05) is 36.4 Å². The van der Waals surface area contributed by atoms with E-state index in [9.17, 15) is 0 Å². The summed E-state index contributed by atoms with van der Waals surface area (Å²) in [5, 5.41) is 2.40. The number of halogens is 1. The Morgan fingerprint density at radius 3 is 1.95 bits per heavy atom. The van der Waals surface area contributed by atoms with Crippen LogP contribution in [0.5, 0.6) is 0 Å². The van der Waals surface area contributed by atoms with Crippen LogP contribution in [0, 0.1) is 0 Å². The zero-order valence-corrected chi connectivity index (χ0v) is 13.6. The largest absolute Gasteiger partial charge is 0.397 e. The molecule has 2 aromatic carbocycles. The van der Waals surface area contributed by atoms with Crippen LogP contribution in [-0.2, 0) is 0 Å². The number of fused-ring (bicyclic) bond motifs is 2. The van der Waals surface area contributed by atoms with Crippen molar-refractivity contribution >= 4 is 64.5 Å². The van der Waals surface area contributed by atoms with Gasteiger partial charge in [-0.25, -0.2) is 0 Å². The summed E-state index contributed by atoms with van der Waals surface area (Å²) in [4.78, 5) is 2.39. The molecule has 0 aliphatic carbocycles. The van der Waals surface area contributed by atoms with E-state index in [1.807, 2.05) is 6.07 Å². The first-order chi connectivity index (χ1) is 9.75. The van der Waals surface area contributed by atoms with Gasteiger partial charge in [-0.05, 0) is 28.1 Å². The molecule has 0 spiro atoms. The van der Waals surface area contributed by atoms with Crippen molar-refractivity contribution in [1.29, 1.82) is 0 Å². The van der Waals surface area contributed by atoms with E-state index in [2.05, 4.69) is 58.4 Å². The Kier molecular flexibility index (Phi) is 2.84. The van der Waals surface area contributed by atoms with Gasteiger partial charge in [0.15, 0.2) is 0 Å². The molecule has 0 amide bonds. The zero-order valence-electron chi connectivity index (χ0n) is 10.4. The predicted molar refractivity (Wildman–Crippen MR) is 94.8 cm³/mol. The van der Waals surface area contributed by atoms with Crippen molar-refractivity contribution in [1.82, 2.24) is 0 Å². The van der Waals surface area contributed by atoms with E-state index in [1.165, 1.54) is 24.5 Å². The second-order valence-corrected chi connectivity index (χ2v) is 7.48. The number of nitrogens with two attached hydrogens (primary N) is 1. The van der Waals surface area contributed by atoms with Crippen LogP contribution >= 0.6 is 38.6 Å². The summed E-state index contributed by atoms with van der Waals surface area (Å²) in [5.41, 5.74) is 7.24. The van der Waals surface area contributed by atoms with Gasteiger partial charge in [0.25, 0.3) is 0 Å². The molecule has 2 heterocycles. The standard InChI is InChI=1S/C16H10BrNS2/c17-13-9-5-1-3-7-11(9)19-15(13)16-14(18)10-6-2-4-8-12(10)20-16/h1-8H,18H2. The van der Waals surface area contributed by atoms with E-state index in [1.54, 1.807) is 22.7 Å². The summed E-state index contributed by atoms with van der Waals surface area (Å²) in [6.07, 6.45) is 0. The summed E-state index contributed by atoms with van der Waals surface area (Å²) < 4.78 is 3.67. The highest BCUT2D eigenvalue weighted by Crippen LogP contribution is 2.49. The Labute approximate surface area is 132 Å². The quantitative estimate of drug-likeness (QED) is 0.434. The molecular weight excluding hydrogens is 350 g/mol. The van der Waals surface area contributed by atoms with Crippen LogP contribution in [-0.4, -0.2) is 0 Å². The molecule has 0 aliphatic rings. The summed E-state index contributed by atoms with van der Waals surface area (Å²) in [5.74, 6) is 0. The Morgan fingerprint density at radius 1 is 0.750 bits per heavy atom. The molecule has 0 saturated carbocycles. The van der Waals surface area contributed by atoms with Crippen LogP contribution in [0.25, 0.3) is 29.9 Å². The minimum Gasteiger partial charge on any atom is -0.397 e. The molecule has 0 bridgehead atoms. The zero-order chi connectivity index (χ0) is 13.7. The van der Waals surface area contributed by atoms with Crippen molar-refractivity contribution in [3.8, 4) is 9.75 Å². The molecule has 98 valence electrons. The SMILES string of the molecule is Nc1c(-c2sc3ccccc3c2Br)sc2ccccc12. The van der Waals surface area contributed by atoms with Gasteiger partial charge in [0.05, 0.1) is 15.4 Å². The fourth-order valence-corrected chi connectivity index (χ4v) is 5.81. The third kappa shape index (κ3) is 1.72. The fraction of sp³-hybridized carbons (Fsp3) is 0. The first-order valence-electron chi connectivity index (χ1n) is 6.20. The average Bonchev–Trinajstić information content (AvgIpc) is 2.98. The maximum absolute atomic E-state index is 6.36. The van der Waals surface area contributed by atoms with Gasteiger partial charge in [0.2, 0.25) is 0 Å².